The van der Waals surface area contributed by atoms with E-state index < -0.39 is 0 Å². The molecule has 2 heteroatoms. The Balaban J connectivity index is 2.46. The highest BCUT2D eigenvalue weighted by molar-refractivity contribution is 7.65. The van der Waals surface area contributed by atoms with Gasteiger partial charge in [-0.1, -0.05) is 45.2 Å². The lowest BCUT2D eigenvalue weighted by Crippen LogP contribution is -2.04. The first-order valence-electron chi connectivity index (χ1n) is 5.29. The van der Waals surface area contributed by atoms with Crippen molar-refractivity contribution in [2.24, 2.45) is 0 Å². The maximum Gasteiger partial charge on any atom is 0.0431 e. The zero-order chi connectivity index (χ0) is 10.2. The molecule has 14 heavy (non-hydrogen) atoms. The van der Waals surface area contributed by atoms with Gasteiger partial charge in [-0.15, -0.1) is 0 Å². The average molecular weight is 210 g/mol. The predicted octanol–water partition coefficient (Wildman–Crippen LogP) is 2.59. The highest BCUT2D eigenvalue weighted by atomic mass is 31.1. The summed E-state index contributed by atoms with van der Waals surface area (Å²) >= 11 is 0. The van der Waals surface area contributed by atoms with Crippen molar-refractivity contribution in [2.45, 2.75) is 19.8 Å². The van der Waals surface area contributed by atoms with E-state index in [1.165, 1.54) is 17.6 Å². The van der Waals surface area contributed by atoms with Crippen LogP contribution in [0.5, 0.6) is 0 Å². The Bertz CT molecular complexity index is 235. The minimum atomic E-state index is 0.0237. The van der Waals surface area contributed by atoms with E-state index in [9.17, 15) is 0 Å². The Hall–Kier alpha value is -0.390. The molecule has 0 aliphatic carbocycles. The molecule has 1 unspecified atom stereocenters. The summed E-state index contributed by atoms with van der Waals surface area (Å²) in [6.45, 7) is 2.60. The third-order valence-electron chi connectivity index (χ3n) is 2.34. The molecule has 78 valence electrons. The Morgan fingerprint density at radius 1 is 1.14 bits per heavy atom. The minimum Gasteiger partial charge on any atom is -0.396 e. The third-order valence-corrected chi connectivity index (χ3v) is 4.99. The number of aliphatic hydroxyl groups is 1. The van der Waals surface area contributed by atoms with E-state index in [0.717, 1.165) is 12.8 Å². The molecule has 1 aromatic rings. The van der Waals surface area contributed by atoms with Gasteiger partial charge < -0.3 is 5.11 Å². The second-order valence-corrected chi connectivity index (χ2v) is 6.02. The van der Waals surface area contributed by atoms with Gasteiger partial charge in [0.25, 0.3) is 0 Å². The lowest BCUT2D eigenvalue weighted by molar-refractivity contribution is 0.287. The first-order valence-corrected chi connectivity index (χ1v) is 7.00. The molecule has 1 aromatic carbocycles. The standard InChI is InChI=1S/C12H19OP/c1-2-14(11-7-6-10-13)12-8-4-3-5-9-12/h3-5,8-9,13H,2,6-7,10-11H2,1H3. The molecule has 1 nitrogen and oxygen atoms in total. The zero-order valence-electron chi connectivity index (χ0n) is 8.82. The lowest BCUT2D eigenvalue weighted by Gasteiger charge is -2.15. The lowest BCUT2D eigenvalue weighted by atomic mass is 10.4. The number of benzene rings is 1. The molecule has 0 saturated carbocycles. The van der Waals surface area contributed by atoms with Crippen molar-refractivity contribution in [1.29, 1.82) is 0 Å². The third kappa shape index (κ3) is 3.77. The summed E-state index contributed by atoms with van der Waals surface area (Å²) in [7, 11) is 0.0237. The van der Waals surface area contributed by atoms with Crippen LogP contribution in [0, 0.1) is 0 Å². The summed E-state index contributed by atoms with van der Waals surface area (Å²) < 4.78 is 0. The number of aliphatic hydroxyl groups excluding tert-OH is 1. The number of unbranched alkanes of at least 4 members (excludes halogenated alkanes) is 1. The van der Waals surface area contributed by atoms with Gasteiger partial charge in [-0.25, -0.2) is 0 Å². The van der Waals surface area contributed by atoms with Crippen LogP contribution < -0.4 is 5.30 Å². The first kappa shape index (κ1) is 11.7. The van der Waals surface area contributed by atoms with Gasteiger partial charge in [0.15, 0.2) is 0 Å². The summed E-state index contributed by atoms with van der Waals surface area (Å²) in [6.07, 6.45) is 4.62. The van der Waals surface area contributed by atoms with Gasteiger partial charge >= 0.3 is 0 Å². The fourth-order valence-corrected chi connectivity index (χ4v) is 3.66. The molecule has 0 aliphatic heterocycles. The van der Waals surface area contributed by atoms with E-state index >= 15 is 0 Å². The van der Waals surface area contributed by atoms with Crippen molar-refractivity contribution in [3.05, 3.63) is 30.3 Å². The molecule has 0 spiro atoms. The van der Waals surface area contributed by atoms with Crippen LogP contribution in [-0.4, -0.2) is 24.0 Å². The highest BCUT2D eigenvalue weighted by Crippen LogP contribution is 2.34. The number of hydrogen-bond acceptors (Lipinski definition) is 1. The van der Waals surface area contributed by atoms with Crippen molar-refractivity contribution in [1.82, 2.24) is 0 Å². The zero-order valence-corrected chi connectivity index (χ0v) is 9.71. The van der Waals surface area contributed by atoms with E-state index in [1.807, 2.05) is 0 Å². The van der Waals surface area contributed by atoms with Crippen molar-refractivity contribution < 1.29 is 5.11 Å². The molecule has 1 N–H and O–H groups in total. The molecule has 0 aliphatic rings. The van der Waals surface area contributed by atoms with Crippen LogP contribution in [0.3, 0.4) is 0 Å². The fourth-order valence-electron chi connectivity index (χ4n) is 1.52. The van der Waals surface area contributed by atoms with Gasteiger partial charge in [-0.2, -0.15) is 0 Å². The first-order chi connectivity index (χ1) is 6.88. The van der Waals surface area contributed by atoms with Gasteiger partial charge in [0, 0.05) is 6.61 Å². The number of rotatable bonds is 6. The van der Waals surface area contributed by atoms with Crippen LogP contribution in [0.1, 0.15) is 19.8 Å². The summed E-state index contributed by atoms with van der Waals surface area (Å²) in [6, 6.07) is 10.8. The maximum absolute atomic E-state index is 8.73. The fraction of sp³-hybridized carbons (Fsp3) is 0.500. The number of hydrogen-bond donors (Lipinski definition) is 1. The molecular weight excluding hydrogens is 191 g/mol. The smallest absolute Gasteiger partial charge is 0.0431 e. The van der Waals surface area contributed by atoms with Gasteiger partial charge in [0.05, 0.1) is 0 Å². The van der Waals surface area contributed by atoms with Crippen molar-refractivity contribution in [3.63, 3.8) is 0 Å². The van der Waals surface area contributed by atoms with Crippen LogP contribution >= 0.6 is 7.92 Å². The van der Waals surface area contributed by atoms with E-state index in [2.05, 4.69) is 37.3 Å². The molecule has 1 rings (SSSR count). The summed E-state index contributed by atoms with van der Waals surface area (Å²) in [5.41, 5.74) is 0. The normalized spacial score (nSPS) is 12.7. The van der Waals surface area contributed by atoms with Crippen LogP contribution in [0.25, 0.3) is 0 Å². The van der Waals surface area contributed by atoms with Crippen LogP contribution in [-0.2, 0) is 0 Å². The molecular formula is C12H19OP. The van der Waals surface area contributed by atoms with Gasteiger partial charge in [-0.05, 0) is 30.5 Å². The van der Waals surface area contributed by atoms with Crippen molar-refractivity contribution in [3.8, 4) is 0 Å². The summed E-state index contributed by atoms with van der Waals surface area (Å²) in [5.74, 6) is 0. The van der Waals surface area contributed by atoms with Crippen LogP contribution in [0.4, 0.5) is 0 Å². The monoisotopic (exact) mass is 210 g/mol. The Labute approximate surface area is 87.9 Å². The van der Waals surface area contributed by atoms with E-state index in [0.29, 0.717) is 6.61 Å². The second kappa shape index (κ2) is 6.98. The second-order valence-electron chi connectivity index (χ2n) is 3.35. The summed E-state index contributed by atoms with van der Waals surface area (Å²) in [5, 5.41) is 10.2. The molecule has 0 radical (unpaired) electrons. The molecule has 0 aromatic heterocycles. The van der Waals surface area contributed by atoms with Gasteiger partial charge in [-0.3, -0.25) is 0 Å². The largest absolute Gasteiger partial charge is 0.396 e. The quantitative estimate of drug-likeness (QED) is 0.565. The summed E-state index contributed by atoms with van der Waals surface area (Å²) in [4.78, 5) is 0. The van der Waals surface area contributed by atoms with Crippen molar-refractivity contribution >= 4 is 13.2 Å². The highest BCUT2D eigenvalue weighted by Gasteiger charge is 2.06. The van der Waals surface area contributed by atoms with Gasteiger partial charge in [0.2, 0.25) is 0 Å². The molecule has 0 saturated heterocycles. The Morgan fingerprint density at radius 2 is 1.86 bits per heavy atom. The van der Waals surface area contributed by atoms with E-state index in [1.54, 1.807) is 0 Å². The van der Waals surface area contributed by atoms with Crippen molar-refractivity contribution in [2.75, 3.05) is 18.9 Å². The topological polar surface area (TPSA) is 20.2 Å². The molecule has 1 atom stereocenters. The molecule has 0 bridgehead atoms. The van der Waals surface area contributed by atoms with Crippen LogP contribution in [0.15, 0.2) is 30.3 Å². The Morgan fingerprint density at radius 3 is 2.43 bits per heavy atom. The minimum absolute atomic E-state index is 0.0237. The van der Waals surface area contributed by atoms with E-state index in [-0.39, 0.29) is 7.92 Å². The molecule has 0 heterocycles. The molecule has 0 amide bonds. The maximum atomic E-state index is 8.73. The van der Waals surface area contributed by atoms with E-state index in [4.69, 9.17) is 5.11 Å². The molecule has 0 fully saturated rings. The average Bonchev–Trinajstić information content (AvgIpc) is 2.26. The predicted molar refractivity (Wildman–Crippen MR) is 64.7 cm³/mol. The Kier molecular flexibility index (Phi) is 5.82. The van der Waals surface area contributed by atoms with Crippen LogP contribution in [0.2, 0.25) is 0 Å². The van der Waals surface area contributed by atoms with Gasteiger partial charge in [0.1, 0.15) is 0 Å². The SMILES string of the molecule is CCP(CCCCO)c1ccccc1.